The summed E-state index contributed by atoms with van der Waals surface area (Å²) in [5, 5.41) is 0. The second-order valence-corrected chi connectivity index (χ2v) is 5.26. The molecule has 0 saturated heterocycles. The van der Waals surface area contributed by atoms with E-state index in [9.17, 15) is 0 Å². The quantitative estimate of drug-likeness (QED) is 0.718. The van der Waals surface area contributed by atoms with Crippen LogP contribution in [0.15, 0.2) is 55.5 Å². The van der Waals surface area contributed by atoms with Crippen molar-refractivity contribution in [2.75, 3.05) is 0 Å². The molecule has 6 heteroatoms. The average Bonchev–Trinajstić information content (AvgIpc) is 3.11. The largest absolute Gasteiger partial charge is 0.331 e. The van der Waals surface area contributed by atoms with E-state index < -0.39 is 0 Å². The topological polar surface area (TPSA) is 35.6 Å². The summed E-state index contributed by atoms with van der Waals surface area (Å²) in [5.74, 6) is 0.531. The third-order valence-electron chi connectivity index (χ3n) is 3.37. The van der Waals surface area contributed by atoms with Crippen LogP contribution < -0.4 is 0 Å². The summed E-state index contributed by atoms with van der Waals surface area (Å²) in [4.78, 5) is 8.50. The van der Waals surface area contributed by atoms with Gasteiger partial charge in [0.25, 0.3) is 0 Å². The number of hydrogen-bond donors (Lipinski definition) is 0. The molecule has 22 heavy (non-hydrogen) atoms. The van der Waals surface area contributed by atoms with Crippen molar-refractivity contribution >= 4 is 24.8 Å². The maximum Gasteiger partial charge on any atom is 0.0996 e. The molecule has 0 aliphatic carbocycles. The van der Waals surface area contributed by atoms with Gasteiger partial charge in [0.2, 0.25) is 0 Å². The van der Waals surface area contributed by atoms with Crippen molar-refractivity contribution in [1.82, 2.24) is 19.1 Å². The van der Waals surface area contributed by atoms with Crippen molar-refractivity contribution in [3.8, 4) is 5.69 Å². The molecule has 0 saturated carbocycles. The third-order valence-corrected chi connectivity index (χ3v) is 3.37. The molecule has 2 aromatic heterocycles. The molecule has 0 N–H and O–H groups in total. The maximum absolute atomic E-state index is 4.46. The second-order valence-electron chi connectivity index (χ2n) is 5.26. The van der Waals surface area contributed by atoms with Crippen molar-refractivity contribution in [1.29, 1.82) is 0 Å². The van der Waals surface area contributed by atoms with Crippen molar-refractivity contribution in [3.63, 3.8) is 0 Å². The lowest BCUT2D eigenvalue weighted by molar-refractivity contribution is 0.778. The van der Waals surface area contributed by atoms with Gasteiger partial charge in [0.1, 0.15) is 0 Å². The molecule has 118 valence electrons. The second kappa shape index (κ2) is 8.01. The summed E-state index contributed by atoms with van der Waals surface area (Å²) in [6.07, 6.45) is 9.46. The molecule has 0 atom stereocenters. The van der Waals surface area contributed by atoms with Gasteiger partial charge in [0.05, 0.1) is 24.9 Å². The predicted octanol–water partition coefficient (Wildman–Crippen LogP) is 4.08. The van der Waals surface area contributed by atoms with Gasteiger partial charge in [-0.3, -0.25) is 0 Å². The van der Waals surface area contributed by atoms with E-state index >= 15 is 0 Å². The molecular formula is C16H20Cl2N4. The minimum atomic E-state index is 0. The zero-order chi connectivity index (χ0) is 13.9. The van der Waals surface area contributed by atoms with E-state index in [0.29, 0.717) is 5.92 Å². The SMILES string of the molecule is CC(C)c1cccc(-n2cnc(Cn3ccnc3)c2)c1.Cl.Cl. The zero-order valence-corrected chi connectivity index (χ0v) is 14.2. The number of halogens is 2. The van der Waals surface area contributed by atoms with E-state index in [4.69, 9.17) is 0 Å². The standard InChI is InChI=1S/C16H18N4.2ClH/c1-13(2)14-4-3-5-16(8-14)20-10-15(18-12-20)9-19-7-6-17-11-19;;/h3-8,10-13H,9H2,1-2H3;2*1H. The molecule has 3 rings (SSSR count). The number of hydrogen-bond acceptors (Lipinski definition) is 2. The first kappa shape index (κ1) is 18.3. The molecule has 1 aromatic carbocycles. The average molecular weight is 339 g/mol. The first-order valence-corrected chi connectivity index (χ1v) is 6.81. The summed E-state index contributed by atoms with van der Waals surface area (Å²) in [6, 6.07) is 8.58. The molecule has 0 aliphatic heterocycles. The predicted molar refractivity (Wildman–Crippen MR) is 93.5 cm³/mol. The lowest BCUT2D eigenvalue weighted by Crippen LogP contribution is -1.97. The van der Waals surface area contributed by atoms with Gasteiger partial charge in [-0.1, -0.05) is 26.0 Å². The van der Waals surface area contributed by atoms with E-state index in [1.165, 1.54) is 5.56 Å². The summed E-state index contributed by atoms with van der Waals surface area (Å²) in [5.41, 5.74) is 3.52. The minimum Gasteiger partial charge on any atom is -0.331 e. The molecule has 0 spiro atoms. The van der Waals surface area contributed by atoms with E-state index in [1.54, 1.807) is 12.5 Å². The van der Waals surface area contributed by atoms with Gasteiger partial charge in [-0.25, -0.2) is 9.97 Å². The Kier molecular flexibility index (Phi) is 6.65. The van der Waals surface area contributed by atoms with Crippen LogP contribution in [0.25, 0.3) is 5.69 Å². The Morgan fingerprint density at radius 2 is 1.95 bits per heavy atom. The maximum atomic E-state index is 4.46. The first-order chi connectivity index (χ1) is 9.72. The van der Waals surface area contributed by atoms with Gasteiger partial charge in [-0.05, 0) is 23.6 Å². The summed E-state index contributed by atoms with van der Waals surface area (Å²) in [7, 11) is 0. The summed E-state index contributed by atoms with van der Waals surface area (Å²) >= 11 is 0. The molecule has 0 bridgehead atoms. The van der Waals surface area contributed by atoms with Crippen molar-refractivity contribution in [3.05, 3.63) is 66.8 Å². The number of benzene rings is 1. The van der Waals surface area contributed by atoms with Gasteiger partial charge in [-0.15, -0.1) is 24.8 Å². The number of rotatable bonds is 4. The number of aromatic nitrogens is 4. The Hall–Kier alpha value is -1.78. The van der Waals surface area contributed by atoms with Crippen molar-refractivity contribution in [2.45, 2.75) is 26.3 Å². The summed E-state index contributed by atoms with van der Waals surface area (Å²) in [6.45, 7) is 5.16. The monoisotopic (exact) mass is 338 g/mol. The Bertz CT molecular complexity index is 690. The van der Waals surface area contributed by atoms with Crippen LogP contribution >= 0.6 is 24.8 Å². The number of imidazole rings is 2. The van der Waals surface area contributed by atoms with Gasteiger partial charge in [0.15, 0.2) is 0 Å². The molecule has 0 unspecified atom stereocenters. The highest BCUT2D eigenvalue weighted by Crippen LogP contribution is 2.18. The fourth-order valence-electron chi connectivity index (χ4n) is 2.20. The molecular weight excluding hydrogens is 319 g/mol. The molecule has 0 fully saturated rings. The van der Waals surface area contributed by atoms with Gasteiger partial charge >= 0.3 is 0 Å². The van der Waals surface area contributed by atoms with E-state index in [-0.39, 0.29) is 24.8 Å². The highest BCUT2D eigenvalue weighted by Gasteiger charge is 2.04. The third kappa shape index (κ3) is 4.12. The molecule has 2 heterocycles. The molecule has 0 amide bonds. The van der Waals surface area contributed by atoms with Crippen LogP contribution in [0.5, 0.6) is 0 Å². The van der Waals surface area contributed by atoms with E-state index in [0.717, 1.165) is 17.9 Å². The first-order valence-electron chi connectivity index (χ1n) is 6.81. The Balaban J connectivity index is 0.00000121. The highest BCUT2D eigenvalue weighted by atomic mass is 35.5. The van der Waals surface area contributed by atoms with Crippen LogP contribution in [0, 0.1) is 0 Å². The lowest BCUT2D eigenvalue weighted by atomic mass is 10.0. The van der Waals surface area contributed by atoms with Crippen LogP contribution in [0.3, 0.4) is 0 Å². The fourth-order valence-corrected chi connectivity index (χ4v) is 2.20. The number of nitrogens with zero attached hydrogens (tertiary/aromatic N) is 4. The smallest absolute Gasteiger partial charge is 0.0996 e. The minimum absolute atomic E-state index is 0. The zero-order valence-electron chi connectivity index (χ0n) is 12.6. The van der Waals surface area contributed by atoms with Gasteiger partial charge < -0.3 is 9.13 Å². The molecule has 0 aliphatic rings. The van der Waals surface area contributed by atoms with Crippen LogP contribution in [0.4, 0.5) is 0 Å². The van der Waals surface area contributed by atoms with E-state index in [2.05, 4.69) is 58.8 Å². The molecule has 3 aromatic rings. The highest BCUT2D eigenvalue weighted by molar-refractivity contribution is 5.85. The lowest BCUT2D eigenvalue weighted by Gasteiger charge is -2.08. The Labute approximate surface area is 143 Å². The van der Waals surface area contributed by atoms with E-state index in [1.807, 2.05) is 17.1 Å². The summed E-state index contributed by atoms with van der Waals surface area (Å²) < 4.78 is 4.08. The molecule has 4 nitrogen and oxygen atoms in total. The van der Waals surface area contributed by atoms with Crippen molar-refractivity contribution < 1.29 is 0 Å². The van der Waals surface area contributed by atoms with Crippen LogP contribution in [0.1, 0.15) is 31.0 Å². The van der Waals surface area contributed by atoms with Crippen molar-refractivity contribution in [2.24, 2.45) is 0 Å². The Morgan fingerprint density at radius 3 is 2.64 bits per heavy atom. The fraction of sp³-hybridized carbons (Fsp3) is 0.250. The van der Waals surface area contributed by atoms with Crippen LogP contribution in [-0.4, -0.2) is 19.1 Å². The normalized spacial score (nSPS) is 10.1. The van der Waals surface area contributed by atoms with Gasteiger partial charge in [0, 0.05) is 24.3 Å². The molecule has 0 radical (unpaired) electrons. The van der Waals surface area contributed by atoms with Crippen LogP contribution in [0.2, 0.25) is 0 Å². The van der Waals surface area contributed by atoms with Crippen LogP contribution in [-0.2, 0) is 6.54 Å². The Morgan fingerprint density at radius 1 is 1.14 bits per heavy atom. The van der Waals surface area contributed by atoms with Gasteiger partial charge in [-0.2, -0.15) is 0 Å².